The summed E-state index contributed by atoms with van der Waals surface area (Å²) in [7, 11) is 0. The molecule has 1 unspecified atom stereocenters. The van der Waals surface area contributed by atoms with Crippen LogP contribution >= 0.6 is 0 Å². The van der Waals surface area contributed by atoms with E-state index in [1.807, 2.05) is 36.4 Å². The van der Waals surface area contributed by atoms with Crippen molar-refractivity contribution in [1.29, 1.82) is 0 Å². The van der Waals surface area contributed by atoms with Crippen LogP contribution in [-0.4, -0.2) is 17.4 Å². The highest BCUT2D eigenvalue weighted by atomic mass is 16.7. The maximum Gasteiger partial charge on any atom is 0.323 e. The van der Waals surface area contributed by atoms with Crippen LogP contribution in [-0.2, 0) is 15.9 Å². The normalized spacial score (nSPS) is 14.7. The summed E-state index contributed by atoms with van der Waals surface area (Å²) in [4.78, 5) is 25.1. The summed E-state index contributed by atoms with van der Waals surface area (Å²) in [5.41, 5.74) is 1.58. The fourth-order valence-electron chi connectivity index (χ4n) is 3.58. The van der Waals surface area contributed by atoms with Crippen LogP contribution in [0.1, 0.15) is 11.3 Å². The molecule has 170 valence electrons. The van der Waals surface area contributed by atoms with Crippen molar-refractivity contribution in [1.82, 2.24) is 0 Å². The third-order valence-corrected chi connectivity index (χ3v) is 5.21. The first kappa shape index (κ1) is 21.1. The average molecular weight is 456 g/mol. The Morgan fingerprint density at radius 3 is 2.38 bits per heavy atom. The molecule has 0 bridgehead atoms. The number of hydrogen-bond donors (Lipinski definition) is 3. The van der Waals surface area contributed by atoms with Gasteiger partial charge in [0.2, 0.25) is 29.0 Å². The highest BCUT2D eigenvalue weighted by molar-refractivity contribution is 6.00. The van der Waals surface area contributed by atoms with Gasteiger partial charge in [-0.3, -0.25) is 4.79 Å². The molecule has 3 aromatic carbocycles. The summed E-state index contributed by atoms with van der Waals surface area (Å²) < 4.78 is 17.0. The second-order valence-electron chi connectivity index (χ2n) is 7.62. The third-order valence-electron chi connectivity index (χ3n) is 5.21. The number of nitrogens with one attached hydrogen (secondary N) is 2. The molecule has 34 heavy (non-hydrogen) atoms. The fraction of sp³-hybridized carbons (Fsp3) is 0.0769. The van der Waals surface area contributed by atoms with E-state index < -0.39 is 23.5 Å². The van der Waals surface area contributed by atoms with Gasteiger partial charge in [0.05, 0.1) is 5.39 Å². The summed E-state index contributed by atoms with van der Waals surface area (Å²) in [6.07, 6.45) is 1.20. The number of fused-ring (bicyclic) bond motifs is 1. The van der Waals surface area contributed by atoms with Crippen molar-refractivity contribution in [2.45, 2.75) is 12.7 Å². The Morgan fingerprint density at radius 2 is 1.62 bits per heavy atom. The van der Waals surface area contributed by atoms with Gasteiger partial charge >= 0.3 is 6.03 Å². The number of carbonyl (C=O) groups is 1. The Hall–Kier alpha value is -4.72. The van der Waals surface area contributed by atoms with Crippen molar-refractivity contribution in [2.24, 2.45) is 0 Å². The summed E-state index contributed by atoms with van der Waals surface area (Å²) in [5.74, 6) is -0.592. The number of aromatic hydroxyl groups is 1. The minimum Gasteiger partial charge on any atom is -0.501 e. The lowest BCUT2D eigenvalue weighted by molar-refractivity contribution is -0.0145. The zero-order valence-corrected chi connectivity index (χ0v) is 17.9. The fourth-order valence-corrected chi connectivity index (χ4v) is 3.58. The predicted molar refractivity (Wildman–Crippen MR) is 127 cm³/mol. The summed E-state index contributed by atoms with van der Waals surface area (Å²) in [6, 6.07) is 22.7. The minimum absolute atomic E-state index is 0.110. The second kappa shape index (κ2) is 9.03. The molecule has 2 heterocycles. The van der Waals surface area contributed by atoms with E-state index in [-0.39, 0.29) is 22.5 Å². The zero-order chi connectivity index (χ0) is 23.5. The lowest BCUT2D eigenvalue weighted by Crippen LogP contribution is -2.19. The highest BCUT2D eigenvalue weighted by Gasteiger charge is 2.27. The number of anilines is 2. The number of ether oxygens (including phenoxy) is 2. The second-order valence-corrected chi connectivity index (χ2v) is 7.62. The topological polar surface area (TPSA) is 110 Å². The molecule has 0 spiro atoms. The van der Waals surface area contributed by atoms with Crippen molar-refractivity contribution in [3.8, 4) is 5.75 Å². The SMILES string of the molecule is O=C(Nc1ccccc1)Nc1ccc2oc(C3=COC(Cc4ccccc4)O3)c(O)c(=O)c2c1. The van der Waals surface area contributed by atoms with Gasteiger partial charge in [-0.25, -0.2) is 4.79 Å². The Balaban J connectivity index is 1.34. The molecule has 0 aliphatic carbocycles. The maximum absolute atomic E-state index is 12.8. The van der Waals surface area contributed by atoms with Gasteiger partial charge in [0.1, 0.15) is 11.8 Å². The number of para-hydroxylation sites is 1. The molecule has 8 heteroatoms. The van der Waals surface area contributed by atoms with Crippen molar-refractivity contribution < 1.29 is 23.8 Å². The first-order chi connectivity index (χ1) is 16.6. The third kappa shape index (κ3) is 4.42. The van der Waals surface area contributed by atoms with E-state index >= 15 is 0 Å². The quantitative estimate of drug-likeness (QED) is 0.387. The van der Waals surface area contributed by atoms with Gasteiger partial charge < -0.3 is 29.6 Å². The van der Waals surface area contributed by atoms with Crippen molar-refractivity contribution in [3.05, 3.63) is 107 Å². The summed E-state index contributed by atoms with van der Waals surface area (Å²) in [5, 5.41) is 16.0. The van der Waals surface area contributed by atoms with E-state index in [1.165, 1.54) is 18.4 Å². The molecule has 0 radical (unpaired) electrons. The van der Waals surface area contributed by atoms with E-state index in [0.29, 0.717) is 17.8 Å². The van der Waals surface area contributed by atoms with Crippen molar-refractivity contribution in [3.63, 3.8) is 0 Å². The molecule has 8 nitrogen and oxygen atoms in total. The Labute approximate surface area is 194 Å². The van der Waals surface area contributed by atoms with Gasteiger partial charge in [-0.1, -0.05) is 48.5 Å². The number of hydrogen-bond acceptors (Lipinski definition) is 6. The molecule has 5 rings (SSSR count). The smallest absolute Gasteiger partial charge is 0.323 e. The van der Waals surface area contributed by atoms with E-state index in [9.17, 15) is 14.7 Å². The molecule has 1 atom stereocenters. The van der Waals surface area contributed by atoms with Gasteiger partial charge in [-0.15, -0.1) is 0 Å². The number of benzene rings is 3. The van der Waals surface area contributed by atoms with E-state index in [4.69, 9.17) is 13.9 Å². The molecule has 0 saturated heterocycles. The summed E-state index contributed by atoms with van der Waals surface area (Å²) >= 11 is 0. The largest absolute Gasteiger partial charge is 0.501 e. The van der Waals surface area contributed by atoms with Crippen LogP contribution in [0.4, 0.5) is 16.2 Å². The summed E-state index contributed by atoms with van der Waals surface area (Å²) in [6.45, 7) is 0. The number of rotatable bonds is 5. The molecule has 2 amide bonds. The first-order valence-corrected chi connectivity index (χ1v) is 10.6. The van der Waals surface area contributed by atoms with Crippen LogP contribution < -0.4 is 16.1 Å². The number of carbonyl (C=O) groups excluding carboxylic acids is 1. The lowest BCUT2D eigenvalue weighted by atomic mass is 10.1. The molecule has 1 aliphatic heterocycles. The average Bonchev–Trinajstić information content (AvgIpc) is 3.31. The Kier molecular flexibility index (Phi) is 5.61. The first-order valence-electron chi connectivity index (χ1n) is 10.6. The van der Waals surface area contributed by atoms with Crippen LogP contribution in [0.15, 0.2) is 94.3 Å². The van der Waals surface area contributed by atoms with Crippen LogP contribution in [0.2, 0.25) is 0 Å². The predicted octanol–water partition coefficient (Wildman–Crippen LogP) is 5.06. The molecule has 1 aromatic heterocycles. The lowest BCUT2D eigenvalue weighted by Gasteiger charge is -2.12. The highest BCUT2D eigenvalue weighted by Crippen LogP contribution is 2.33. The van der Waals surface area contributed by atoms with Crippen LogP contribution in [0.25, 0.3) is 16.7 Å². The molecule has 1 aliphatic rings. The monoisotopic (exact) mass is 456 g/mol. The standard InChI is InChI=1S/C26H20N2O6/c29-23-19-14-18(28-26(31)27-17-9-5-2-6-10-17)11-12-20(19)34-25(24(23)30)21-15-32-22(33-21)13-16-7-3-1-4-8-16/h1-12,14-15,22,30H,13H2,(H2,27,28,31). The van der Waals surface area contributed by atoms with Gasteiger partial charge in [-0.05, 0) is 35.9 Å². The van der Waals surface area contributed by atoms with E-state index in [2.05, 4.69) is 10.6 Å². The minimum atomic E-state index is -0.653. The molecule has 3 N–H and O–H groups in total. The zero-order valence-electron chi connectivity index (χ0n) is 17.9. The number of amides is 2. The number of urea groups is 1. The van der Waals surface area contributed by atoms with Gasteiger partial charge in [0, 0.05) is 17.8 Å². The van der Waals surface area contributed by atoms with Gasteiger partial charge in [0.25, 0.3) is 0 Å². The van der Waals surface area contributed by atoms with E-state index in [1.54, 1.807) is 30.3 Å². The van der Waals surface area contributed by atoms with E-state index in [0.717, 1.165) is 5.56 Å². The van der Waals surface area contributed by atoms with Gasteiger partial charge in [0.15, 0.2) is 0 Å². The molecular weight excluding hydrogens is 436 g/mol. The van der Waals surface area contributed by atoms with Crippen LogP contribution in [0.3, 0.4) is 0 Å². The van der Waals surface area contributed by atoms with Gasteiger partial charge in [-0.2, -0.15) is 0 Å². The molecule has 4 aromatic rings. The molecular formula is C26H20N2O6. The maximum atomic E-state index is 12.8. The van der Waals surface area contributed by atoms with Crippen LogP contribution in [0, 0.1) is 0 Å². The van der Waals surface area contributed by atoms with Crippen molar-refractivity contribution >= 4 is 34.1 Å². The van der Waals surface area contributed by atoms with Crippen molar-refractivity contribution in [2.75, 3.05) is 10.6 Å². The Bertz CT molecular complexity index is 1430. The molecule has 0 fully saturated rings. The molecule has 0 saturated carbocycles. The Morgan fingerprint density at radius 1 is 0.912 bits per heavy atom. The van der Waals surface area contributed by atoms with Crippen LogP contribution in [0.5, 0.6) is 5.75 Å².